The van der Waals surface area contributed by atoms with Crippen molar-refractivity contribution in [2.24, 2.45) is 29.2 Å². The number of carboxylic acid groups (broad SMARTS) is 1. The zero-order valence-corrected chi connectivity index (χ0v) is 75.3. The van der Waals surface area contributed by atoms with Gasteiger partial charge in [-0.15, -0.1) is 0 Å². The Bertz CT molecular complexity index is 6650. The SMILES string of the molecule is CNC(=O)c1cc(Oc2ccc3c(c2)CC(C(=O)Nc2cc(CN)cc(C(F)(F)F)c2)CC3)ccn1.CNC(=O)c1cc(Oc2ccc3c(c2)CC(C(=O)Nc2cc(CNC(=O)CN)cc(C(F)(F)F)c2)CC3)ccn1.CNC(=O)c1cc(Oc2ccc3c(c2)CC(C(=O)Nc2cc(CNC(=O)CN4C(=O)c5ccccc5C4=O)cc(C(F)(F)F)c2)CC3)ccn1.O=C(O)CN1C(=O)c2ccccc2C1=O. The molecule has 0 saturated carbocycles. The summed E-state index contributed by atoms with van der Waals surface area (Å²) in [4.78, 5) is 171. The second kappa shape index (κ2) is 44.7. The molecule has 16 rings (SSSR count). The van der Waals surface area contributed by atoms with Crippen LogP contribution in [0, 0.1) is 17.8 Å². The monoisotopic (exact) mass is 1940 g/mol. The second-order valence-corrected chi connectivity index (χ2v) is 32.8. The largest absolute Gasteiger partial charge is 0.480 e. The van der Waals surface area contributed by atoms with Crippen LogP contribution in [0.1, 0.15) is 159 Å². The number of benzene rings is 8. The number of aromatic nitrogens is 3. The van der Waals surface area contributed by atoms with Crippen molar-refractivity contribution >= 4 is 93.9 Å². The number of amides is 12. The maximum atomic E-state index is 13.8. The molecular formula is C100H90F9N15O17. The second-order valence-electron chi connectivity index (χ2n) is 32.8. The maximum absolute atomic E-state index is 13.8. The molecule has 0 spiro atoms. The van der Waals surface area contributed by atoms with Gasteiger partial charge in [-0.05, 0) is 241 Å². The molecule has 141 heavy (non-hydrogen) atoms. The number of pyridine rings is 3. The topological polar surface area (TPSA) is 463 Å². The number of aryl methyl sites for hydroxylation is 3. The molecule has 0 radical (unpaired) electrons. The highest BCUT2D eigenvalue weighted by Gasteiger charge is 2.40. The van der Waals surface area contributed by atoms with Crippen LogP contribution in [0.2, 0.25) is 0 Å². The molecule has 0 saturated heterocycles. The minimum absolute atomic E-state index is 0.00990. The molecule has 12 amide bonds. The number of alkyl halides is 9. The van der Waals surface area contributed by atoms with Crippen molar-refractivity contribution in [3.05, 3.63) is 319 Å². The number of nitrogens with one attached hydrogen (secondary N) is 8. The Morgan fingerprint density at radius 2 is 0.674 bits per heavy atom. The summed E-state index contributed by atoms with van der Waals surface area (Å²) in [7, 11) is 4.51. The lowest BCUT2D eigenvalue weighted by Gasteiger charge is -2.25. The zero-order chi connectivity index (χ0) is 101. The molecule has 5 heterocycles. The van der Waals surface area contributed by atoms with Crippen LogP contribution in [0.4, 0.5) is 56.6 Å². The molecule has 3 unspecified atom stereocenters. The van der Waals surface area contributed by atoms with Gasteiger partial charge < -0.3 is 73.3 Å². The predicted molar refractivity (Wildman–Crippen MR) is 491 cm³/mol. The van der Waals surface area contributed by atoms with E-state index in [1.807, 2.05) is 36.4 Å². The first kappa shape index (κ1) is 102. The molecule has 3 aromatic heterocycles. The van der Waals surface area contributed by atoms with Crippen molar-refractivity contribution < 1.29 is 121 Å². The summed E-state index contributed by atoms with van der Waals surface area (Å²) in [5.74, 6) is -5.75. The smallest absolute Gasteiger partial charge is 0.416 e. The minimum atomic E-state index is -4.74. The number of halogens is 9. The molecule has 8 aromatic carbocycles. The standard InChI is InChI=1S/C36H30F3N5O6.C28H28F3N5O4.C26H25F3N4O3.C10H7NO4/c1-40-33(47)30-17-27(10-11-41-30)50-26-9-8-21-6-7-22(14-23(21)15-26)32(46)43-25-13-20(12-24(16-25)36(37,38)39)18-42-31(45)19-44-34(48)28-4-2-3-5-29(28)35(44)49;1-33-27(39)24-13-23(6-7-34-24)40-22-5-4-17-2-3-18(10-19(17)11-22)26(38)36-21-9-16(15-35-25(37)14-32)8-20(12-21)28(29,30)31;1-31-25(35)23-13-22(6-7-32-23)36-21-5-4-16-2-3-17(10-18(16)11-21)24(34)33-20-9-15(14-30)8-19(12-20)26(27,28)29;12-8(13)5-11-9(14)6-3-1-2-4-7(6)10(11)15/h2-5,8-13,15-17,22H,6-7,14,18-19H2,1H3,(H,40,47)(H,42,45)(H,43,46);4-9,11-13,18H,2-3,10,14-15,32H2,1H3,(H,33,39)(H,35,37)(H,36,38);4-9,11-13,17H,2-3,10,14,30H2,1H3,(H,31,35)(H,33,34);1-4H,5H2,(H,12,13). The summed E-state index contributed by atoms with van der Waals surface area (Å²) in [6.07, 6.45) is -5.02. The van der Waals surface area contributed by atoms with Gasteiger partial charge in [0.25, 0.3) is 41.4 Å². The fraction of sp³-hybridized carbons (Fsp3) is 0.240. The van der Waals surface area contributed by atoms with Crippen LogP contribution in [-0.2, 0) is 105 Å². The van der Waals surface area contributed by atoms with Crippen LogP contribution in [0.5, 0.6) is 34.5 Å². The molecule has 2 aliphatic heterocycles. The summed E-state index contributed by atoms with van der Waals surface area (Å²) >= 11 is 0. The Morgan fingerprint density at radius 1 is 0.376 bits per heavy atom. The molecule has 5 aliphatic rings. The summed E-state index contributed by atoms with van der Waals surface area (Å²) in [6, 6.07) is 47.9. The molecule has 0 fully saturated rings. The van der Waals surface area contributed by atoms with E-state index in [1.165, 1.54) is 100 Å². The van der Waals surface area contributed by atoms with Crippen molar-refractivity contribution in [1.82, 2.24) is 51.3 Å². The van der Waals surface area contributed by atoms with Gasteiger partial charge in [-0.1, -0.05) is 42.5 Å². The molecule has 0 bridgehead atoms. The number of nitrogens with zero attached hydrogens (tertiary/aromatic N) is 5. The predicted octanol–water partition coefficient (Wildman–Crippen LogP) is 13.3. The first-order chi connectivity index (χ1) is 67.2. The molecule has 730 valence electrons. The minimum Gasteiger partial charge on any atom is -0.480 e. The van der Waals surface area contributed by atoms with Crippen molar-refractivity contribution in [3.63, 3.8) is 0 Å². The number of rotatable bonds is 25. The Morgan fingerprint density at radius 3 is 0.972 bits per heavy atom. The summed E-state index contributed by atoms with van der Waals surface area (Å²) < 4.78 is 139. The van der Waals surface area contributed by atoms with Crippen LogP contribution >= 0.6 is 0 Å². The lowest BCUT2D eigenvalue weighted by atomic mass is 9.83. The van der Waals surface area contributed by atoms with Crippen LogP contribution in [0.3, 0.4) is 0 Å². The van der Waals surface area contributed by atoms with Crippen LogP contribution < -0.4 is 68.2 Å². The molecular weight excluding hydrogens is 1850 g/mol. The summed E-state index contributed by atoms with van der Waals surface area (Å²) in [5.41, 5.74) is 15.7. The number of hydrogen-bond acceptors (Lipinski definition) is 21. The van der Waals surface area contributed by atoms with E-state index >= 15 is 0 Å². The van der Waals surface area contributed by atoms with E-state index in [2.05, 4.69) is 57.5 Å². The normalized spacial score (nSPS) is 14.9. The van der Waals surface area contributed by atoms with Gasteiger partial charge >= 0.3 is 24.5 Å². The molecule has 11 aromatic rings. The number of nitrogens with two attached hydrogens (primary N) is 2. The molecule has 3 atom stereocenters. The highest BCUT2D eigenvalue weighted by molar-refractivity contribution is 6.23. The number of fused-ring (bicyclic) bond motifs is 5. The number of anilines is 3. The van der Waals surface area contributed by atoms with E-state index < -0.39 is 119 Å². The molecule has 41 heteroatoms. The fourth-order valence-electron chi connectivity index (χ4n) is 16.1. The third kappa shape index (κ3) is 26.2. The third-order valence-corrected chi connectivity index (χ3v) is 23.1. The Kier molecular flexibility index (Phi) is 32.3. The van der Waals surface area contributed by atoms with Crippen LogP contribution in [0.25, 0.3) is 0 Å². The quantitative estimate of drug-likeness (QED) is 0.0187. The number of ether oxygens (including phenoxy) is 3. The van der Waals surface area contributed by atoms with Crippen molar-refractivity contribution in [2.45, 2.75) is 96.0 Å². The van der Waals surface area contributed by atoms with Crippen molar-refractivity contribution in [2.75, 3.05) is 56.7 Å². The molecule has 32 nitrogen and oxygen atoms in total. The summed E-state index contributed by atoms with van der Waals surface area (Å²) in [5, 5.41) is 28.8. The van der Waals surface area contributed by atoms with Gasteiger partial charge in [0.2, 0.25) is 29.5 Å². The van der Waals surface area contributed by atoms with E-state index in [4.69, 9.17) is 30.8 Å². The van der Waals surface area contributed by atoms with Gasteiger partial charge in [-0.2, -0.15) is 39.5 Å². The van der Waals surface area contributed by atoms with Gasteiger partial charge in [-0.25, -0.2) is 0 Å². The van der Waals surface area contributed by atoms with E-state index in [0.29, 0.717) is 92.3 Å². The Hall–Kier alpha value is -16.6. The first-order valence-corrected chi connectivity index (χ1v) is 43.8. The lowest BCUT2D eigenvalue weighted by molar-refractivity contribution is -0.138. The Labute approximate surface area is 797 Å². The third-order valence-electron chi connectivity index (χ3n) is 23.1. The van der Waals surface area contributed by atoms with Gasteiger partial charge in [0, 0.05) is 112 Å². The van der Waals surface area contributed by atoms with Crippen LogP contribution in [0.15, 0.2) is 213 Å². The maximum Gasteiger partial charge on any atom is 0.416 e. The number of imide groups is 2. The van der Waals surface area contributed by atoms with Gasteiger partial charge in [0.15, 0.2) is 0 Å². The lowest BCUT2D eigenvalue weighted by Crippen LogP contribution is -2.40. The number of carbonyl (C=O) groups is 13. The molecule has 13 N–H and O–H groups in total. The fourth-order valence-corrected chi connectivity index (χ4v) is 16.1. The van der Waals surface area contributed by atoms with E-state index in [-0.39, 0.29) is 123 Å². The Balaban J connectivity index is 0.000000167. The van der Waals surface area contributed by atoms with Crippen LogP contribution in [-0.4, -0.2) is 147 Å². The average molecular weight is 1940 g/mol. The van der Waals surface area contributed by atoms with Gasteiger partial charge in [0.1, 0.15) is 64.7 Å². The van der Waals surface area contributed by atoms with E-state index in [9.17, 15) is 102 Å². The summed E-state index contributed by atoms with van der Waals surface area (Å²) in [6.45, 7) is -2.08. The number of aliphatic carboxylic acids is 1. The van der Waals surface area contributed by atoms with Crippen molar-refractivity contribution in [3.8, 4) is 34.5 Å². The number of carboxylic acids is 1. The van der Waals surface area contributed by atoms with E-state index in [0.717, 1.165) is 79.6 Å². The van der Waals surface area contributed by atoms with E-state index in [1.54, 1.807) is 60.7 Å². The van der Waals surface area contributed by atoms with Gasteiger partial charge in [0.05, 0.1) is 45.5 Å². The first-order valence-electron chi connectivity index (χ1n) is 43.8. The number of carbonyl (C=O) groups excluding carboxylic acids is 12. The highest BCUT2D eigenvalue weighted by atomic mass is 19.4. The number of hydrogen-bond donors (Lipinski definition) is 11. The average Bonchev–Trinajstić information content (AvgIpc) is 1.62. The molecule has 3 aliphatic carbocycles. The van der Waals surface area contributed by atoms with Crippen molar-refractivity contribution in [1.29, 1.82) is 0 Å². The van der Waals surface area contributed by atoms with Gasteiger partial charge in [-0.3, -0.25) is 87.1 Å². The zero-order valence-electron chi connectivity index (χ0n) is 75.3. The highest BCUT2D eigenvalue weighted by Crippen LogP contribution is 2.41.